The van der Waals surface area contributed by atoms with Gasteiger partial charge in [-0.2, -0.15) is 0 Å². The summed E-state index contributed by atoms with van der Waals surface area (Å²) >= 11 is 0. The van der Waals surface area contributed by atoms with Crippen molar-refractivity contribution >= 4 is 5.91 Å². The van der Waals surface area contributed by atoms with E-state index in [4.69, 9.17) is 4.84 Å². The van der Waals surface area contributed by atoms with Gasteiger partial charge in [0.05, 0.1) is 6.61 Å². The first-order chi connectivity index (χ1) is 6.79. The van der Waals surface area contributed by atoms with E-state index >= 15 is 0 Å². The quantitative estimate of drug-likeness (QED) is 0.699. The summed E-state index contributed by atoms with van der Waals surface area (Å²) < 4.78 is 0. The first kappa shape index (κ1) is 9.97. The van der Waals surface area contributed by atoms with E-state index in [1.165, 1.54) is 25.7 Å². The van der Waals surface area contributed by atoms with Crippen LogP contribution >= 0.6 is 0 Å². The van der Waals surface area contributed by atoms with Crippen LogP contribution in [-0.2, 0) is 9.63 Å². The second-order valence-electron chi connectivity index (χ2n) is 4.60. The van der Waals surface area contributed by atoms with Gasteiger partial charge in [0, 0.05) is 6.42 Å². The fourth-order valence-corrected chi connectivity index (χ4v) is 3.06. The number of nitrogens with one attached hydrogen (secondary N) is 1. The second-order valence-corrected chi connectivity index (χ2v) is 4.60. The van der Waals surface area contributed by atoms with Crippen LogP contribution in [0.4, 0.5) is 0 Å². The van der Waals surface area contributed by atoms with E-state index in [1.807, 2.05) is 6.92 Å². The summed E-state index contributed by atoms with van der Waals surface area (Å²) in [4.78, 5) is 16.3. The number of amides is 1. The van der Waals surface area contributed by atoms with Crippen LogP contribution in [0, 0.1) is 17.8 Å². The molecule has 2 saturated carbocycles. The van der Waals surface area contributed by atoms with Gasteiger partial charge in [0.2, 0.25) is 5.91 Å². The summed E-state index contributed by atoms with van der Waals surface area (Å²) in [6, 6.07) is 0. The van der Waals surface area contributed by atoms with Crippen molar-refractivity contribution in [1.29, 1.82) is 0 Å². The molecule has 3 heteroatoms. The van der Waals surface area contributed by atoms with Crippen LogP contribution in [0.1, 0.15) is 39.0 Å². The third-order valence-electron chi connectivity index (χ3n) is 3.66. The number of fused-ring (bicyclic) bond motifs is 2. The molecule has 3 nitrogen and oxygen atoms in total. The molecule has 0 aromatic carbocycles. The largest absolute Gasteiger partial charge is 0.274 e. The molecule has 1 amide bonds. The smallest absolute Gasteiger partial charge is 0.243 e. The van der Waals surface area contributed by atoms with Crippen molar-refractivity contribution in [2.24, 2.45) is 17.8 Å². The van der Waals surface area contributed by atoms with Crippen molar-refractivity contribution in [2.75, 3.05) is 6.61 Å². The van der Waals surface area contributed by atoms with Gasteiger partial charge in [0.1, 0.15) is 0 Å². The summed E-state index contributed by atoms with van der Waals surface area (Å²) in [5, 5.41) is 0. The predicted octanol–water partition coefficient (Wildman–Crippen LogP) is 1.88. The Morgan fingerprint density at radius 2 is 2.29 bits per heavy atom. The third-order valence-corrected chi connectivity index (χ3v) is 3.66. The van der Waals surface area contributed by atoms with E-state index in [1.54, 1.807) is 0 Å². The number of hydrogen-bond acceptors (Lipinski definition) is 2. The van der Waals surface area contributed by atoms with Crippen LogP contribution in [0.2, 0.25) is 0 Å². The molecular weight excluding hydrogens is 178 g/mol. The topological polar surface area (TPSA) is 38.3 Å². The van der Waals surface area contributed by atoms with E-state index < -0.39 is 0 Å². The van der Waals surface area contributed by atoms with Gasteiger partial charge in [-0.25, -0.2) is 5.48 Å². The lowest BCUT2D eigenvalue weighted by Gasteiger charge is -2.20. The van der Waals surface area contributed by atoms with E-state index in [0.29, 0.717) is 18.9 Å². The lowest BCUT2D eigenvalue weighted by Crippen LogP contribution is -2.27. The summed E-state index contributed by atoms with van der Waals surface area (Å²) in [6.07, 6.45) is 6.05. The Labute approximate surface area is 85.2 Å². The van der Waals surface area contributed by atoms with Crippen LogP contribution in [0.3, 0.4) is 0 Å². The van der Waals surface area contributed by atoms with Crippen LogP contribution in [0.5, 0.6) is 0 Å². The first-order valence-electron chi connectivity index (χ1n) is 5.70. The zero-order valence-corrected chi connectivity index (χ0v) is 8.79. The lowest BCUT2D eigenvalue weighted by atomic mass is 9.86. The molecule has 14 heavy (non-hydrogen) atoms. The molecule has 0 unspecified atom stereocenters. The summed E-state index contributed by atoms with van der Waals surface area (Å²) in [7, 11) is 0. The Bertz CT molecular complexity index is 217. The third kappa shape index (κ3) is 2.08. The van der Waals surface area contributed by atoms with Gasteiger partial charge in [-0.3, -0.25) is 9.63 Å². The number of carbonyl (C=O) groups is 1. The minimum atomic E-state index is 0.0596. The minimum Gasteiger partial charge on any atom is -0.274 e. The molecule has 0 heterocycles. The normalized spacial score (nSPS) is 34.8. The van der Waals surface area contributed by atoms with Crippen LogP contribution in [0.15, 0.2) is 0 Å². The standard InChI is InChI=1S/C11H19NO2/c1-2-14-12-11(13)7-10-6-8-3-4-9(10)5-8/h8-10H,2-7H2,1H3,(H,12,13)/t8-,9-,10-/m1/s1. The van der Waals surface area contributed by atoms with Crippen LogP contribution in [0.25, 0.3) is 0 Å². The van der Waals surface area contributed by atoms with Crippen molar-refractivity contribution in [3.05, 3.63) is 0 Å². The monoisotopic (exact) mass is 197 g/mol. The second kappa shape index (κ2) is 4.30. The van der Waals surface area contributed by atoms with Gasteiger partial charge in [0.15, 0.2) is 0 Å². The molecule has 0 spiro atoms. The van der Waals surface area contributed by atoms with E-state index in [9.17, 15) is 4.79 Å². The zero-order valence-electron chi connectivity index (χ0n) is 8.79. The molecule has 0 radical (unpaired) electrons. The summed E-state index contributed by atoms with van der Waals surface area (Å²) in [5.41, 5.74) is 2.48. The van der Waals surface area contributed by atoms with Crippen molar-refractivity contribution in [2.45, 2.75) is 39.0 Å². The molecule has 3 atom stereocenters. The number of carbonyl (C=O) groups excluding carboxylic acids is 1. The Morgan fingerprint density at radius 1 is 1.43 bits per heavy atom. The van der Waals surface area contributed by atoms with Crippen LogP contribution in [-0.4, -0.2) is 12.5 Å². The van der Waals surface area contributed by atoms with Gasteiger partial charge < -0.3 is 0 Å². The maximum Gasteiger partial charge on any atom is 0.243 e. The molecule has 0 aromatic heterocycles. The molecule has 0 aliphatic heterocycles. The van der Waals surface area contributed by atoms with Crippen molar-refractivity contribution in [1.82, 2.24) is 5.48 Å². The minimum absolute atomic E-state index is 0.0596. The maximum absolute atomic E-state index is 11.4. The highest BCUT2D eigenvalue weighted by Crippen LogP contribution is 2.49. The average Bonchev–Trinajstić information content (AvgIpc) is 2.76. The fraction of sp³-hybridized carbons (Fsp3) is 0.909. The average molecular weight is 197 g/mol. The highest BCUT2D eigenvalue weighted by Gasteiger charge is 2.40. The maximum atomic E-state index is 11.4. The molecule has 0 saturated heterocycles. The molecular formula is C11H19NO2. The fourth-order valence-electron chi connectivity index (χ4n) is 3.06. The number of hydroxylamine groups is 1. The Hall–Kier alpha value is -0.570. The lowest BCUT2D eigenvalue weighted by molar-refractivity contribution is -0.134. The van der Waals surface area contributed by atoms with Gasteiger partial charge >= 0.3 is 0 Å². The molecule has 2 bridgehead atoms. The Morgan fingerprint density at radius 3 is 2.86 bits per heavy atom. The van der Waals surface area contributed by atoms with Gasteiger partial charge in [-0.1, -0.05) is 6.42 Å². The molecule has 2 aliphatic rings. The number of rotatable bonds is 4. The van der Waals surface area contributed by atoms with Crippen molar-refractivity contribution < 1.29 is 9.63 Å². The molecule has 80 valence electrons. The SMILES string of the molecule is CCONC(=O)C[C@H]1C[C@@H]2CC[C@@H]1C2. The first-order valence-corrected chi connectivity index (χ1v) is 5.70. The molecule has 1 N–H and O–H groups in total. The van der Waals surface area contributed by atoms with Crippen LogP contribution < -0.4 is 5.48 Å². The Balaban J connectivity index is 1.73. The molecule has 0 aromatic rings. The highest BCUT2D eigenvalue weighted by molar-refractivity contribution is 5.75. The van der Waals surface area contributed by atoms with Crippen molar-refractivity contribution in [3.63, 3.8) is 0 Å². The summed E-state index contributed by atoms with van der Waals surface area (Å²) in [6.45, 7) is 2.42. The predicted molar refractivity (Wildman–Crippen MR) is 53.3 cm³/mol. The van der Waals surface area contributed by atoms with Gasteiger partial charge in [0.25, 0.3) is 0 Å². The summed E-state index contributed by atoms with van der Waals surface area (Å²) in [5.74, 6) is 2.44. The highest BCUT2D eigenvalue weighted by atomic mass is 16.6. The van der Waals surface area contributed by atoms with E-state index in [-0.39, 0.29) is 5.91 Å². The zero-order chi connectivity index (χ0) is 9.97. The Kier molecular flexibility index (Phi) is 3.06. The van der Waals surface area contributed by atoms with Gasteiger partial charge in [-0.15, -0.1) is 0 Å². The van der Waals surface area contributed by atoms with Crippen molar-refractivity contribution in [3.8, 4) is 0 Å². The van der Waals surface area contributed by atoms with E-state index in [2.05, 4.69) is 5.48 Å². The van der Waals surface area contributed by atoms with Gasteiger partial charge in [-0.05, 0) is 43.9 Å². The molecule has 2 rings (SSSR count). The molecule has 2 aliphatic carbocycles. The number of hydrogen-bond donors (Lipinski definition) is 1. The van der Waals surface area contributed by atoms with E-state index in [0.717, 1.165) is 11.8 Å². The molecule has 2 fully saturated rings.